The average molecular weight is 393 g/mol. The molecule has 1 saturated heterocycles. The van der Waals surface area contributed by atoms with Crippen LogP contribution in [0.2, 0.25) is 0 Å². The van der Waals surface area contributed by atoms with Crippen LogP contribution < -0.4 is 10.1 Å². The molecule has 144 valence electrons. The molecule has 0 bridgehead atoms. The van der Waals surface area contributed by atoms with E-state index in [0.29, 0.717) is 0 Å². The van der Waals surface area contributed by atoms with Crippen LogP contribution in [0.25, 0.3) is 5.69 Å². The van der Waals surface area contributed by atoms with Gasteiger partial charge in [0.2, 0.25) is 0 Å². The third-order valence-electron chi connectivity index (χ3n) is 5.44. The molecular formula is C22H24N4OS. The van der Waals surface area contributed by atoms with Crippen LogP contribution in [0.1, 0.15) is 34.7 Å². The summed E-state index contributed by atoms with van der Waals surface area (Å²) in [5.41, 5.74) is 5.68. The lowest BCUT2D eigenvalue weighted by Gasteiger charge is -2.24. The van der Waals surface area contributed by atoms with Gasteiger partial charge >= 0.3 is 0 Å². The number of aryl methyl sites for hydroxylation is 1. The number of benzene rings is 1. The molecule has 2 unspecified atom stereocenters. The molecule has 0 spiro atoms. The molecule has 2 atom stereocenters. The third kappa shape index (κ3) is 3.03. The Labute approximate surface area is 171 Å². The van der Waals surface area contributed by atoms with Crippen LogP contribution in [0.5, 0.6) is 5.75 Å². The van der Waals surface area contributed by atoms with Gasteiger partial charge in [0, 0.05) is 36.4 Å². The number of likely N-dealkylation sites (N-methyl/N-ethyl adjacent to an activating group) is 1. The highest BCUT2D eigenvalue weighted by atomic mass is 32.1. The Morgan fingerprint density at radius 2 is 1.93 bits per heavy atom. The van der Waals surface area contributed by atoms with Crippen molar-refractivity contribution in [1.82, 2.24) is 19.8 Å². The zero-order valence-electron chi connectivity index (χ0n) is 16.5. The van der Waals surface area contributed by atoms with E-state index in [0.717, 1.165) is 22.2 Å². The molecule has 5 nitrogen and oxygen atoms in total. The summed E-state index contributed by atoms with van der Waals surface area (Å²) in [6, 6.07) is 16.5. The molecule has 0 amide bonds. The fourth-order valence-electron chi connectivity index (χ4n) is 4.08. The van der Waals surface area contributed by atoms with Crippen LogP contribution in [0.15, 0.2) is 54.7 Å². The SMILES string of the molecule is COc1cccc(-n2c(C)cc(C3C(c4ccccn4)NC(=S)N3C)c2C)c1. The molecule has 0 radical (unpaired) electrons. The van der Waals surface area contributed by atoms with E-state index in [-0.39, 0.29) is 12.1 Å². The Morgan fingerprint density at radius 1 is 1.11 bits per heavy atom. The lowest BCUT2D eigenvalue weighted by atomic mass is 9.97. The number of nitrogens with zero attached hydrogens (tertiary/aromatic N) is 3. The van der Waals surface area contributed by atoms with Crippen molar-refractivity contribution >= 4 is 17.3 Å². The normalized spacial score (nSPS) is 19.0. The number of hydrogen-bond donors (Lipinski definition) is 1. The highest BCUT2D eigenvalue weighted by molar-refractivity contribution is 7.80. The van der Waals surface area contributed by atoms with Gasteiger partial charge in [-0.25, -0.2) is 0 Å². The fourth-order valence-corrected chi connectivity index (χ4v) is 4.32. The van der Waals surface area contributed by atoms with Crippen LogP contribution in [-0.4, -0.2) is 33.7 Å². The zero-order chi connectivity index (χ0) is 19.8. The molecule has 28 heavy (non-hydrogen) atoms. The number of nitrogens with one attached hydrogen (secondary N) is 1. The first-order valence-electron chi connectivity index (χ1n) is 9.28. The summed E-state index contributed by atoms with van der Waals surface area (Å²) in [5, 5.41) is 4.19. The summed E-state index contributed by atoms with van der Waals surface area (Å²) in [7, 11) is 3.73. The molecule has 3 heterocycles. The van der Waals surface area contributed by atoms with Crippen LogP contribution in [0.3, 0.4) is 0 Å². The Morgan fingerprint density at radius 3 is 2.64 bits per heavy atom. The van der Waals surface area contributed by atoms with E-state index < -0.39 is 0 Å². The highest BCUT2D eigenvalue weighted by Gasteiger charge is 2.39. The molecule has 1 aliphatic heterocycles. The fraction of sp³-hybridized carbons (Fsp3) is 0.273. The van der Waals surface area contributed by atoms with Crippen molar-refractivity contribution in [3.63, 3.8) is 0 Å². The largest absolute Gasteiger partial charge is 0.497 e. The maximum atomic E-state index is 5.57. The monoisotopic (exact) mass is 392 g/mol. The van der Waals surface area contributed by atoms with Crippen molar-refractivity contribution in [3.8, 4) is 11.4 Å². The standard InChI is InChI=1S/C22H24N4OS/c1-14-12-18(15(2)26(14)16-8-7-9-17(13-16)27-4)21-20(24-22(28)25(21)3)19-10-5-6-11-23-19/h5-13,20-21H,1-4H3,(H,24,28). The topological polar surface area (TPSA) is 42.3 Å². The minimum Gasteiger partial charge on any atom is -0.497 e. The Kier molecular flexibility index (Phi) is 4.81. The smallest absolute Gasteiger partial charge is 0.169 e. The summed E-state index contributed by atoms with van der Waals surface area (Å²) >= 11 is 5.57. The second-order valence-corrected chi connectivity index (χ2v) is 7.49. The van der Waals surface area contributed by atoms with Gasteiger partial charge in [0.1, 0.15) is 5.75 Å². The van der Waals surface area contributed by atoms with E-state index in [9.17, 15) is 0 Å². The summed E-state index contributed by atoms with van der Waals surface area (Å²) in [4.78, 5) is 6.70. The number of ether oxygens (including phenoxy) is 1. The van der Waals surface area contributed by atoms with Crippen molar-refractivity contribution in [3.05, 3.63) is 77.4 Å². The number of pyridine rings is 1. The molecule has 1 fully saturated rings. The van der Waals surface area contributed by atoms with Crippen molar-refractivity contribution in [2.24, 2.45) is 0 Å². The van der Waals surface area contributed by atoms with Crippen molar-refractivity contribution in [2.45, 2.75) is 25.9 Å². The molecule has 1 N–H and O–H groups in total. The highest BCUT2D eigenvalue weighted by Crippen LogP contribution is 2.40. The lowest BCUT2D eigenvalue weighted by molar-refractivity contribution is 0.367. The van der Waals surface area contributed by atoms with Crippen molar-refractivity contribution in [1.29, 1.82) is 0 Å². The molecule has 2 aromatic heterocycles. The first kappa shape index (κ1) is 18.5. The van der Waals surface area contributed by atoms with E-state index >= 15 is 0 Å². The van der Waals surface area contributed by atoms with Crippen LogP contribution in [-0.2, 0) is 0 Å². The number of methoxy groups -OCH3 is 1. The summed E-state index contributed by atoms with van der Waals surface area (Å²) in [6.45, 7) is 4.29. The van der Waals surface area contributed by atoms with Gasteiger partial charge in [-0.3, -0.25) is 4.98 Å². The van der Waals surface area contributed by atoms with Gasteiger partial charge in [0.25, 0.3) is 0 Å². The number of aromatic nitrogens is 2. The van der Waals surface area contributed by atoms with E-state index in [4.69, 9.17) is 17.0 Å². The van der Waals surface area contributed by atoms with Crippen LogP contribution >= 0.6 is 12.2 Å². The van der Waals surface area contributed by atoms with E-state index in [1.807, 2.05) is 43.6 Å². The third-order valence-corrected chi connectivity index (χ3v) is 5.85. The van der Waals surface area contributed by atoms with Gasteiger partial charge in [0.15, 0.2) is 5.11 Å². The lowest BCUT2D eigenvalue weighted by Crippen LogP contribution is -2.25. The minimum atomic E-state index is 0.0120. The molecule has 0 aliphatic carbocycles. The first-order valence-corrected chi connectivity index (χ1v) is 9.69. The van der Waals surface area contributed by atoms with E-state index in [1.165, 1.54) is 17.0 Å². The predicted molar refractivity (Wildman–Crippen MR) is 115 cm³/mol. The Hall–Kier alpha value is -2.86. The Bertz CT molecular complexity index is 1010. The first-order chi connectivity index (χ1) is 13.5. The summed E-state index contributed by atoms with van der Waals surface area (Å²) < 4.78 is 7.68. The second kappa shape index (κ2) is 7.28. The maximum Gasteiger partial charge on any atom is 0.169 e. The van der Waals surface area contributed by atoms with Crippen molar-refractivity contribution in [2.75, 3.05) is 14.2 Å². The molecule has 1 aromatic carbocycles. The van der Waals surface area contributed by atoms with E-state index in [1.54, 1.807) is 7.11 Å². The van der Waals surface area contributed by atoms with Gasteiger partial charge in [-0.15, -0.1) is 0 Å². The Balaban J connectivity index is 1.81. The van der Waals surface area contributed by atoms with Gasteiger partial charge in [-0.2, -0.15) is 0 Å². The van der Waals surface area contributed by atoms with Crippen molar-refractivity contribution < 1.29 is 4.74 Å². The number of thiocarbonyl (C=S) groups is 1. The average Bonchev–Trinajstić information content (AvgIpc) is 3.17. The minimum absolute atomic E-state index is 0.0120. The number of hydrogen-bond acceptors (Lipinski definition) is 3. The van der Waals surface area contributed by atoms with Gasteiger partial charge in [-0.1, -0.05) is 12.1 Å². The van der Waals surface area contributed by atoms with Gasteiger partial charge in [0.05, 0.1) is 24.9 Å². The number of rotatable bonds is 4. The summed E-state index contributed by atoms with van der Waals surface area (Å²) in [5.74, 6) is 0.846. The quantitative estimate of drug-likeness (QED) is 0.677. The maximum absolute atomic E-state index is 5.57. The van der Waals surface area contributed by atoms with Crippen LogP contribution in [0, 0.1) is 13.8 Å². The van der Waals surface area contributed by atoms with Crippen LogP contribution in [0.4, 0.5) is 0 Å². The summed E-state index contributed by atoms with van der Waals surface area (Å²) in [6.07, 6.45) is 1.83. The zero-order valence-corrected chi connectivity index (χ0v) is 17.3. The second-order valence-electron chi connectivity index (χ2n) is 7.10. The molecule has 1 aliphatic rings. The molecule has 3 aromatic rings. The van der Waals surface area contributed by atoms with E-state index in [2.05, 4.69) is 51.8 Å². The van der Waals surface area contributed by atoms with Gasteiger partial charge in [-0.05, 0) is 62.0 Å². The molecule has 0 saturated carbocycles. The molecular weight excluding hydrogens is 368 g/mol. The molecule has 4 rings (SSSR count). The molecule has 6 heteroatoms. The predicted octanol–water partition coefficient (Wildman–Crippen LogP) is 4.10. The van der Waals surface area contributed by atoms with Gasteiger partial charge < -0.3 is 19.5 Å².